The van der Waals surface area contributed by atoms with E-state index in [0.717, 1.165) is 18.7 Å². The molecule has 1 atom stereocenters. The third kappa shape index (κ3) is 3.48. The molecule has 0 aliphatic rings. The van der Waals surface area contributed by atoms with Crippen LogP contribution < -0.4 is 5.73 Å². The average molecular weight is 232 g/mol. The number of hydrogen-bond acceptors (Lipinski definition) is 5. The van der Waals surface area contributed by atoms with Crippen molar-refractivity contribution in [1.82, 2.24) is 4.98 Å². The summed E-state index contributed by atoms with van der Waals surface area (Å²) in [5.41, 5.74) is 6.67. The molecule has 2 N–H and O–H groups in total. The van der Waals surface area contributed by atoms with Crippen molar-refractivity contribution >= 4 is 28.2 Å². The average Bonchev–Trinajstić information content (AvgIpc) is 2.42. The number of anilines is 1. The smallest absolute Gasteiger partial charge is 0.181 e. The molecule has 0 spiro atoms. The summed E-state index contributed by atoms with van der Waals surface area (Å²) in [4.78, 5) is 4.19. The van der Waals surface area contributed by atoms with E-state index in [1.807, 2.05) is 18.7 Å². The first-order valence-electron chi connectivity index (χ1n) is 4.52. The van der Waals surface area contributed by atoms with Crippen LogP contribution in [0.2, 0.25) is 0 Å². The molecule has 0 saturated carbocycles. The second kappa shape index (κ2) is 5.58. The monoisotopic (exact) mass is 232 g/mol. The van der Waals surface area contributed by atoms with Gasteiger partial charge in [-0.3, -0.25) is 0 Å². The summed E-state index contributed by atoms with van der Waals surface area (Å²) in [6, 6.07) is 0. The topological polar surface area (TPSA) is 48.1 Å². The molecule has 1 rings (SSSR count). The zero-order valence-corrected chi connectivity index (χ0v) is 10.4. The van der Waals surface area contributed by atoms with E-state index in [9.17, 15) is 0 Å². The molecule has 80 valence electrons. The number of aromatic nitrogens is 1. The van der Waals surface area contributed by atoms with Crippen molar-refractivity contribution in [3.63, 3.8) is 0 Å². The van der Waals surface area contributed by atoms with Crippen LogP contribution in [0.15, 0.2) is 4.21 Å². The molecule has 0 saturated heterocycles. The maximum Gasteiger partial charge on any atom is 0.181 e. The Labute approximate surface area is 93.1 Å². The van der Waals surface area contributed by atoms with Crippen LogP contribution in [0.5, 0.6) is 0 Å². The molecule has 0 fully saturated rings. The number of nitrogens with two attached hydrogens (primary N) is 1. The van der Waals surface area contributed by atoms with E-state index in [2.05, 4.69) is 11.9 Å². The maximum atomic E-state index is 5.62. The van der Waals surface area contributed by atoms with E-state index in [4.69, 9.17) is 10.5 Å². The number of aryl methyl sites for hydroxylation is 1. The summed E-state index contributed by atoms with van der Waals surface area (Å²) < 4.78 is 6.26. The van der Waals surface area contributed by atoms with Crippen molar-refractivity contribution in [2.75, 3.05) is 19.5 Å². The highest BCUT2D eigenvalue weighted by Crippen LogP contribution is 2.34. The minimum absolute atomic E-state index is 0.550. The standard InChI is InChI=1S/C9H16N2OS2/c1-6(4-5-12-3)13-8-7(2)11-9(10)14-8/h6H,4-5H2,1-3H3,(H2,10,11). The first kappa shape index (κ1) is 11.8. The van der Waals surface area contributed by atoms with E-state index in [0.29, 0.717) is 10.4 Å². The van der Waals surface area contributed by atoms with Gasteiger partial charge < -0.3 is 10.5 Å². The summed E-state index contributed by atoms with van der Waals surface area (Å²) in [6.45, 7) is 5.00. The Morgan fingerprint density at radius 3 is 2.86 bits per heavy atom. The Hall–Kier alpha value is -0.260. The number of rotatable bonds is 5. The fourth-order valence-electron chi connectivity index (χ4n) is 1.04. The lowest BCUT2D eigenvalue weighted by atomic mass is 10.3. The number of nitrogens with zero attached hydrogens (tertiary/aromatic N) is 1. The van der Waals surface area contributed by atoms with Gasteiger partial charge in [-0.25, -0.2) is 4.98 Å². The molecular weight excluding hydrogens is 216 g/mol. The highest BCUT2D eigenvalue weighted by molar-refractivity contribution is 8.01. The molecule has 0 radical (unpaired) electrons. The highest BCUT2D eigenvalue weighted by atomic mass is 32.2. The molecular formula is C9H16N2OS2. The second-order valence-electron chi connectivity index (χ2n) is 3.13. The molecule has 14 heavy (non-hydrogen) atoms. The van der Waals surface area contributed by atoms with Gasteiger partial charge in [-0.15, -0.1) is 11.8 Å². The van der Waals surface area contributed by atoms with Crippen LogP contribution in [0.25, 0.3) is 0 Å². The van der Waals surface area contributed by atoms with Gasteiger partial charge in [-0.1, -0.05) is 18.3 Å². The summed E-state index contributed by atoms with van der Waals surface area (Å²) in [6.07, 6.45) is 1.05. The summed E-state index contributed by atoms with van der Waals surface area (Å²) in [7, 11) is 1.73. The van der Waals surface area contributed by atoms with Crippen LogP contribution in [-0.4, -0.2) is 24.0 Å². The van der Waals surface area contributed by atoms with Gasteiger partial charge in [0.05, 0.1) is 9.90 Å². The number of ether oxygens (including phenoxy) is 1. The van der Waals surface area contributed by atoms with Crippen molar-refractivity contribution in [3.8, 4) is 0 Å². The fourth-order valence-corrected chi connectivity index (χ4v) is 3.34. The molecule has 1 aromatic heterocycles. The van der Waals surface area contributed by atoms with Crippen molar-refractivity contribution in [3.05, 3.63) is 5.69 Å². The van der Waals surface area contributed by atoms with E-state index in [1.165, 1.54) is 4.21 Å². The van der Waals surface area contributed by atoms with Gasteiger partial charge in [0.1, 0.15) is 0 Å². The quantitative estimate of drug-likeness (QED) is 0.793. The predicted molar refractivity (Wildman–Crippen MR) is 63.1 cm³/mol. The number of nitrogen functional groups attached to an aromatic ring is 1. The van der Waals surface area contributed by atoms with Crippen molar-refractivity contribution in [2.24, 2.45) is 0 Å². The normalized spacial score (nSPS) is 13.1. The van der Waals surface area contributed by atoms with Gasteiger partial charge in [-0.2, -0.15) is 0 Å². The van der Waals surface area contributed by atoms with Crippen LogP contribution in [0, 0.1) is 6.92 Å². The van der Waals surface area contributed by atoms with E-state index in [-0.39, 0.29) is 0 Å². The molecule has 1 heterocycles. The van der Waals surface area contributed by atoms with Gasteiger partial charge in [0.25, 0.3) is 0 Å². The Balaban J connectivity index is 2.47. The first-order valence-corrected chi connectivity index (χ1v) is 6.21. The predicted octanol–water partition coefficient (Wildman–Crippen LogP) is 2.55. The Morgan fingerprint density at radius 2 is 2.36 bits per heavy atom. The Morgan fingerprint density at radius 1 is 1.64 bits per heavy atom. The summed E-state index contributed by atoms with van der Waals surface area (Å²) in [5, 5.41) is 1.21. The third-order valence-electron chi connectivity index (χ3n) is 1.81. The minimum atomic E-state index is 0.550. The second-order valence-corrected chi connectivity index (χ2v) is 5.87. The largest absolute Gasteiger partial charge is 0.385 e. The van der Waals surface area contributed by atoms with Gasteiger partial charge in [0.2, 0.25) is 0 Å². The third-order valence-corrected chi connectivity index (χ3v) is 4.27. The fraction of sp³-hybridized carbons (Fsp3) is 0.667. The van der Waals surface area contributed by atoms with Crippen LogP contribution in [0.3, 0.4) is 0 Å². The lowest BCUT2D eigenvalue weighted by molar-refractivity contribution is 0.195. The molecule has 0 aliphatic heterocycles. The maximum absolute atomic E-state index is 5.62. The van der Waals surface area contributed by atoms with Crippen LogP contribution in [0.1, 0.15) is 19.0 Å². The zero-order chi connectivity index (χ0) is 10.6. The molecule has 3 nitrogen and oxygen atoms in total. The molecule has 0 amide bonds. The van der Waals surface area contributed by atoms with Crippen LogP contribution >= 0.6 is 23.1 Å². The van der Waals surface area contributed by atoms with E-state index < -0.39 is 0 Å². The highest BCUT2D eigenvalue weighted by Gasteiger charge is 2.10. The number of thiazole rings is 1. The minimum Gasteiger partial charge on any atom is -0.385 e. The molecule has 0 aliphatic carbocycles. The SMILES string of the molecule is COCCC(C)Sc1sc(N)nc1C. The number of thioether (sulfide) groups is 1. The Kier molecular flexibility index (Phi) is 4.71. The van der Waals surface area contributed by atoms with Gasteiger partial charge in [0, 0.05) is 19.0 Å². The van der Waals surface area contributed by atoms with Gasteiger partial charge in [0.15, 0.2) is 5.13 Å². The van der Waals surface area contributed by atoms with Crippen LogP contribution in [-0.2, 0) is 4.74 Å². The summed E-state index contributed by atoms with van der Waals surface area (Å²) >= 11 is 3.39. The molecule has 5 heteroatoms. The lowest BCUT2D eigenvalue weighted by Crippen LogP contribution is -2.00. The summed E-state index contributed by atoms with van der Waals surface area (Å²) in [5.74, 6) is 0. The molecule has 1 unspecified atom stereocenters. The van der Waals surface area contributed by atoms with Crippen molar-refractivity contribution in [1.29, 1.82) is 0 Å². The number of hydrogen-bond donors (Lipinski definition) is 1. The zero-order valence-electron chi connectivity index (χ0n) is 8.74. The lowest BCUT2D eigenvalue weighted by Gasteiger charge is -2.08. The number of methoxy groups -OCH3 is 1. The van der Waals surface area contributed by atoms with E-state index in [1.54, 1.807) is 18.4 Å². The first-order chi connectivity index (χ1) is 6.63. The molecule has 0 aromatic carbocycles. The van der Waals surface area contributed by atoms with Crippen LogP contribution in [0.4, 0.5) is 5.13 Å². The molecule has 1 aromatic rings. The van der Waals surface area contributed by atoms with Crippen molar-refractivity contribution < 1.29 is 4.74 Å². The Bertz CT molecular complexity index is 288. The molecule has 0 bridgehead atoms. The van der Waals surface area contributed by atoms with Gasteiger partial charge in [-0.05, 0) is 13.3 Å². The van der Waals surface area contributed by atoms with E-state index >= 15 is 0 Å². The van der Waals surface area contributed by atoms with Gasteiger partial charge >= 0.3 is 0 Å². The van der Waals surface area contributed by atoms with Crippen molar-refractivity contribution in [2.45, 2.75) is 29.7 Å².